The van der Waals surface area contributed by atoms with Gasteiger partial charge in [-0.3, -0.25) is 9.59 Å². The van der Waals surface area contributed by atoms with E-state index in [2.05, 4.69) is 26.0 Å². The van der Waals surface area contributed by atoms with E-state index in [1.54, 1.807) is 12.2 Å². The van der Waals surface area contributed by atoms with Gasteiger partial charge in [-0.25, -0.2) is 0 Å². The molecule has 2 fully saturated rings. The predicted molar refractivity (Wildman–Crippen MR) is 94.4 cm³/mol. The molecule has 4 aliphatic rings. The fourth-order valence-corrected chi connectivity index (χ4v) is 6.32. The Morgan fingerprint density at radius 2 is 1.85 bits per heavy atom. The number of Topliss-reactive ketones (excluding diaryl/α,β-unsaturated/α-hetero) is 1. The maximum absolute atomic E-state index is 12.4. The summed E-state index contributed by atoms with van der Waals surface area (Å²) in [4.78, 5) is 24.1. The predicted octanol–water partition coefficient (Wildman–Crippen LogP) is 1.89. The van der Waals surface area contributed by atoms with Crippen LogP contribution in [0.1, 0.15) is 39.5 Å². The quantitative estimate of drug-likeness (QED) is 0.655. The summed E-state index contributed by atoms with van der Waals surface area (Å²) in [6.45, 7) is 4.24. The summed E-state index contributed by atoms with van der Waals surface area (Å²) in [5.74, 6) is -3.77. The molecule has 140 valence electrons. The number of rotatable bonds is 2. The molecule has 3 N–H and O–H groups in total. The number of aliphatic hydroxyl groups is 3. The van der Waals surface area contributed by atoms with E-state index in [-0.39, 0.29) is 28.4 Å². The lowest BCUT2D eigenvalue weighted by Gasteiger charge is -2.54. The lowest BCUT2D eigenvalue weighted by Crippen LogP contribution is -2.52. The van der Waals surface area contributed by atoms with Crippen LogP contribution in [-0.2, 0) is 9.59 Å². The van der Waals surface area contributed by atoms with Crippen molar-refractivity contribution < 1.29 is 24.9 Å². The van der Waals surface area contributed by atoms with E-state index in [1.165, 1.54) is 0 Å². The number of fused-ring (bicyclic) bond motifs is 5. The Morgan fingerprint density at radius 1 is 1.12 bits per heavy atom. The summed E-state index contributed by atoms with van der Waals surface area (Å²) in [6, 6.07) is 0. The molecule has 4 rings (SSSR count). The second kappa shape index (κ2) is 5.47. The summed E-state index contributed by atoms with van der Waals surface area (Å²) >= 11 is 0. The summed E-state index contributed by atoms with van der Waals surface area (Å²) in [5, 5.41) is 28.2. The van der Waals surface area contributed by atoms with Crippen LogP contribution in [0.15, 0.2) is 36.0 Å². The largest absolute Gasteiger partial charge is 0.339 e. The van der Waals surface area contributed by atoms with Crippen molar-refractivity contribution >= 4 is 11.6 Å². The van der Waals surface area contributed by atoms with Gasteiger partial charge in [0.25, 0.3) is 0 Å². The minimum Gasteiger partial charge on any atom is -0.337 e. The second-order valence-corrected chi connectivity index (χ2v) is 8.94. The fourth-order valence-electron chi connectivity index (χ4n) is 6.32. The summed E-state index contributed by atoms with van der Waals surface area (Å²) in [7, 11) is 0. The van der Waals surface area contributed by atoms with Crippen LogP contribution in [0, 0.1) is 34.5 Å². The number of carbonyl (C=O) groups is 2. The molecular formula is C21H26O5. The highest BCUT2D eigenvalue weighted by Gasteiger charge is 2.60. The van der Waals surface area contributed by atoms with E-state index in [0.29, 0.717) is 12.3 Å². The van der Waals surface area contributed by atoms with Crippen molar-refractivity contribution in [3.63, 3.8) is 0 Å². The molecule has 5 heteroatoms. The molecule has 4 aliphatic carbocycles. The highest BCUT2D eigenvalue weighted by atomic mass is 16.7. The van der Waals surface area contributed by atoms with E-state index < -0.39 is 17.7 Å². The molecule has 0 amide bonds. The molecule has 0 aromatic rings. The third kappa shape index (κ3) is 2.34. The van der Waals surface area contributed by atoms with Crippen molar-refractivity contribution in [3.05, 3.63) is 36.0 Å². The smallest absolute Gasteiger partial charge is 0.337 e. The summed E-state index contributed by atoms with van der Waals surface area (Å²) in [6.07, 6.45) is 12.7. The van der Waals surface area contributed by atoms with Crippen molar-refractivity contribution in [2.24, 2.45) is 34.5 Å². The zero-order chi connectivity index (χ0) is 18.9. The Balaban J connectivity index is 1.69. The van der Waals surface area contributed by atoms with Gasteiger partial charge in [0.05, 0.1) is 0 Å². The van der Waals surface area contributed by atoms with Gasteiger partial charge < -0.3 is 15.3 Å². The Hall–Kier alpha value is -1.56. The number of hydrogen-bond acceptors (Lipinski definition) is 5. The van der Waals surface area contributed by atoms with E-state index in [9.17, 15) is 24.9 Å². The first-order valence-corrected chi connectivity index (χ1v) is 9.42. The average Bonchev–Trinajstić information content (AvgIpc) is 2.91. The molecule has 2 saturated carbocycles. The zero-order valence-corrected chi connectivity index (χ0v) is 15.2. The van der Waals surface area contributed by atoms with E-state index >= 15 is 0 Å². The molecule has 0 spiro atoms. The van der Waals surface area contributed by atoms with Crippen molar-refractivity contribution in [1.82, 2.24) is 0 Å². The molecular weight excluding hydrogens is 332 g/mol. The van der Waals surface area contributed by atoms with Gasteiger partial charge in [-0.2, -0.15) is 0 Å². The van der Waals surface area contributed by atoms with Crippen LogP contribution in [0.2, 0.25) is 0 Å². The molecule has 0 unspecified atom stereocenters. The van der Waals surface area contributed by atoms with Crippen molar-refractivity contribution in [1.29, 1.82) is 0 Å². The van der Waals surface area contributed by atoms with Gasteiger partial charge in [0.15, 0.2) is 5.78 Å². The molecule has 0 aromatic heterocycles. The van der Waals surface area contributed by atoms with Crippen LogP contribution in [-0.4, -0.2) is 32.9 Å². The van der Waals surface area contributed by atoms with Gasteiger partial charge in [-0.1, -0.05) is 32.1 Å². The normalized spacial score (nSPS) is 44.2. The summed E-state index contributed by atoms with van der Waals surface area (Å²) in [5.41, 5.74) is 0.528. The third-order valence-corrected chi connectivity index (χ3v) is 7.76. The first kappa shape index (κ1) is 17.8. The van der Waals surface area contributed by atoms with E-state index in [0.717, 1.165) is 24.8 Å². The molecule has 5 nitrogen and oxygen atoms in total. The van der Waals surface area contributed by atoms with Crippen molar-refractivity contribution in [3.8, 4) is 0 Å². The van der Waals surface area contributed by atoms with Crippen LogP contribution >= 0.6 is 0 Å². The van der Waals surface area contributed by atoms with Gasteiger partial charge >= 0.3 is 5.97 Å². The first-order chi connectivity index (χ1) is 12.1. The molecule has 0 heterocycles. The van der Waals surface area contributed by atoms with Crippen LogP contribution in [0.25, 0.3) is 0 Å². The molecule has 0 aromatic carbocycles. The zero-order valence-electron chi connectivity index (χ0n) is 15.2. The van der Waals surface area contributed by atoms with E-state index in [4.69, 9.17) is 0 Å². The Labute approximate surface area is 153 Å². The Kier molecular flexibility index (Phi) is 3.75. The second-order valence-electron chi connectivity index (χ2n) is 8.94. The van der Waals surface area contributed by atoms with Gasteiger partial charge in [-0.15, -0.1) is 0 Å². The van der Waals surface area contributed by atoms with Crippen LogP contribution in [0.3, 0.4) is 0 Å². The maximum atomic E-state index is 12.4. The van der Waals surface area contributed by atoms with Crippen LogP contribution in [0.4, 0.5) is 0 Å². The molecule has 26 heavy (non-hydrogen) atoms. The minimum atomic E-state index is -3.25. The lowest BCUT2D eigenvalue weighted by molar-refractivity contribution is -0.291. The standard InChI is InChI=1S/C21H26O5/c1-19-9-7-13(22)11-12(19)3-4-14-15-5-6-17(18(23)21(24,25)26)20(15,2)10-8-16(14)19/h3-4,7,9,11,14-17,24-26H,5-6,8,10H2,1-2H3/t14-,15-,16-,17+,19-,20-/m0/s1. The molecule has 0 aliphatic heterocycles. The Morgan fingerprint density at radius 3 is 2.54 bits per heavy atom. The van der Waals surface area contributed by atoms with Crippen molar-refractivity contribution in [2.45, 2.75) is 45.5 Å². The molecule has 0 radical (unpaired) electrons. The molecule has 6 atom stereocenters. The Bertz CT molecular complexity index is 755. The first-order valence-electron chi connectivity index (χ1n) is 9.42. The third-order valence-electron chi connectivity index (χ3n) is 7.76. The van der Waals surface area contributed by atoms with Gasteiger partial charge in [0.1, 0.15) is 0 Å². The maximum Gasteiger partial charge on any atom is 0.339 e. The number of allylic oxidation sites excluding steroid dienone is 6. The van der Waals surface area contributed by atoms with E-state index in [1.807, 2.05) is 6.08 Å². The minimum absolute atomic E-state index is 0.0259. The monoisotopic (exact) mass is 358 g/mol. The number of carbonyl (C=O) groups excluding carboxylic acids is 2. The average molecular weight is 358 g/mol. The highest BCUT2D eigenvalue weighted by molar-refractivity contribution is 6.01. The van der Waals surface area contributed by atoms with Crippen LogP contribution in [0.5, 0.6) is 0 Å². The lowest BCUT2D eigenvalue weighted by atomic mass is 9.49. The van der Waals surface area contributed by atoms with Gasteiger partial charge in [0.2, 0.25) is 5.78 Å². The SMILES string of the molecule is C[C@]12CC[C@H]3[C@@H](C=CC4=CC(=O)C=C[C@@]43C)[C@@H]1CC[C@@H]2C(=O)C(O)(O)O. The molecule has 0 saturated heterocycles. The molecule has 0 bridgehead atoms. The van der Waals surface area contributed by atoms with Gasteiger partial charge in [0, 0.05) is 11.3 Å². The van der Waals surface area contributed by atoms with Crippen molar-refractivity contribution in [2.75, 3.05) is 0 Å². The van der Waals surface area contributed by atoms with Gasteiger partial charge in [-0.05, 0) is 66.6 Å². The van der Waals surface area contributed by atoms with Crippen LogP contribution < -0.4 is 0 Å². The number of ketones is 2. The topological polar surface area (TPSA) is 94.8 Å². The highest BCUT2D eigenvalue weighted by Crippen LogP contribution is 2.64. The number of hydrogen-bond donors (Lipinski definition) is 3. The fraction of sp³-hybridized carbons (Fsp3) is 0.619. The summed E-state index contributed by atoms with van der Waals surface area (Å²) < 4.78 is 0.